The van der Waals surface area contributed by atoms with Crippen molar-refractivity contribution in [1.29, 1.82) is 0 Å². The van der Waals surface area contributed by atoms with Crippen LogP contribution in [0.2, 0.25) is 0 Å². The summed E-state index contributed by atoms with van der Waals surface area (Å²) in [5, 5.41) is 3.30. The van der Waals surface area contributed by atoms with Crippen LogP contribution in [0.5, 0.6) is 11.5 Å². The van der Waals surface area contributed by atoms with Gasteiger partial charge in [0, 0.05) is 31.1 Å². The third-order valence-electron chi connectivity index (χ3n) is 4.86. The van der Waals surface area contributed by atoms with Crippen molar-refractivity contribution in [3.05, 3.63) is 59.2 Å². The van der Waals surface area contributed by atoms with Crippen molar-refractivity contribution < 1.29 is 27.8 Å². The molecule has 2 aromatic rings. The molecule has 2 rings (SSSR count). The molecule has 0 saturated carbocycles. The van der Waals surface area contributed by atoms with Crippen LogP contribution in [0, 0.1) is 11.6 Å². The molecule has 0 spiro atoms. The number of carbonyl (C=O) groups excluding carboxylic acids is 1. The number of esters is 1. The molecule has 0 aliphatic heterocycles. The van der Waals surface area contributed by atoms with E-state index in [1.165, 1.54) is 6.07 Å². The van der Waals surface area contributed by atoms with Gasteiger partial charge in [-0.05, 0) is 43.4 Å². The van der Waals surface area contributed by atoms with Gasteiger partial charge in [-0.25, -0.2) is 8.78 Å². The lowest BCUT2D eigenvalue weighted by Gasteiger charge is -2.20. The fraction of sp³-hybridized carbons (Fsp3) is 0.435. The Labute approximate surface area is 176 Å². The third-order valence-corrected chi connectivity index (χ3v) is 4.86. The van der Waals surface area contributed by atoms with Crippen molar-refractivity contribution in [3.8, 4) is 11.5 Å². The number of hydrogen-bond acceptors (Lipinski definition) is 5. The van der Waals surface area contributed by atoms with E-state index < -0.39 is 11.6 Å². The molecular weight excluding hydrogens is 392 g/mol. The van der Waals surface area contributed by atoms with Gasteiger partial charge < -0.3 is 19.5 Å². The first-order valence-corrected chi connectivity index (χ1v) is 10.0. The van der Waals surface area contributed by atoms with E-state index in [1.807, 2.05) is 12.1 Å². The Bertz CT molecular complexity index is 829. The molecule has 2 aromatic carbocycles. The Kier molecular flexibility index (Phi) is 9.54. The first kappa shape index (κ1) is 23.6. The van der Waals surface area contributed by atoms with Gasteiger partial charge in [0.1, 0.15) is 11.5 Å². The highest BCUT2D eigenvalue weighted by atomic mass is 19.2. The summed E-state index contributed by atoms with van der Waals surface area (Å²) in [6.45, 7) is 2.98. The van der Waals surface area contributed by atoms with E-state index >= 15 is 0 Å². The predicted molar refractivity (Wildman–Crippen MR) is 111 cm³/mol. The lowest BCUT2D eigenvalue weighted by molar-refractivity contribution is -0.143. The number of methoxy groups -OCH3 is 2. The van der Waals surface area contributed by atoms with E-state index in [0.717, 1.165) is 11.6 Å². The smallest absolute Gasteiger partial charge is 0.305 e. The normalized spacial score (nSPS) is 11.8. The highest BCUT2D eigenvalue weighted by Gasteiger charge is 2.19. The van der Waals surface area contributed by atoms with E-state index in [-0.39, 0.29) is 18.3 Å². The summed E-state index contributed by atoms with van der Waals surface area (Å²) < 4.78 is 43.7. The highest BCUT2D eigenvalue weighted by Crippen LogP contribution is 2.27. The maximum atomic E-state index is 14.4. The number of halogens is 2. The Hall–Kier alpha value is -2.67. The average molecular weight is 421 g/mol. The van der Waals surface area contributed by atoms with Crippen LogP contribution in [0.25, 0.3) is 0 Å². The summed E-state index contributed by atoms with van der Waals surface area (Å²) in [7, 11) is 3.17. The summed E-state index contributed by atoms with van der Waals surface area (Å²) >= 11 is 0. The largest absolute Gasteiger partial charge is 0.497 e. The molecule has 0 fully saturated rings. The van der Waals surface area contributed by atoms with E-state index in [1.54, 1.807) is 33.3 Å². The summed E-state index contributed by atoms with van der Waals surface area (Å²) in [5.41, 5.74) is 1.22. The van der Waals surface area contributed by atoms with Gasteiger partial charge in [-0.15, -0.1) is 0 Å². The van der Waals surface area contributed by atoms with Gasteiger partial charge >= 0.3 is 5.97 Å². The van der Waals surface area contributed by atoms with Gasteiger partial charge in [0.05, 0.1) is 20.8 Å². The van der Waals surface area contributed by atoms with Gasteiger partial charge in [0.15, 0.2) is 11.6 Å². The number of nitrogens with one attached hydrogen (secondary N) is 1. The Morgan fingerprint density at radius 2 is 1.93 bits per heavy atom. The number of ether oxygens (including phenoxy) is 3. The summed E-state index contributed by atoms with van der Waals surface area (Å²) in [6.07, 6.45) is 1.28. The lowest BCUT2D eigenvalue weighted by atomic mass is 9.92. The van der Waals surface area contributed by atoms with Gasteiger partial charge in [-0.3, -0.25) is 4.79 Å². The standard InChI is InChI=1S/C23H29F2NO4/c1-4-30-22(27)10-5-7-16(19-8-6-9-20(24)23(19)25)14-26-15-17-11-12-18(28-2)13-21(17)29-3/h6,8-9,11-13,16,26H,4-5,7,10,14-15H2,1-3H3. The van der Waals surface area contributed by atoms with E-state index in [4.69, 9.17) is 14.2 Å². The second-order valence-electron chi connectivity index (χ2n) is 6.85. The molecular formula is C23H29F2NO4. The highest BCUT2D eigenvalue weighted by molar-refractivity contribution is 5.69. The summed E-state index contributed by atoms with van der Waals surface area (Å²) in [5.74, 6) is -0.930. The van der Waals surface area contributed by atoms with Crippen LogP contribution < -0.4 is 14.8 Å². The fourth-order valence-corrected chi connectivity index (χ4v) is 3.31. The monoisotopic (exact) mass is 421 g/mol. The molecule has 30 heavy (non-hydrogen) atoms. The first-order chi connectivity index (χ1) is 14.5. The second-order valence-corrected chi connectivity index (χ2v) is 6.85. The first-order valence-electron chi connectivity index (χ1n) is 10.0. The number of carbonyl (C=O) groups is 1. The fourth-order valence-electron chi connectivity index (χ4n) is 3.31. The Morgan fingerprint density at radius 3 is 2.63 bits per heavy atom. The molecule has 7 heteroatoms. The molecule has 1 N–H and O–H groups in total. The van der Waals surface area contributed by atoms with Crippen LogP contribution in [0.4, 0.5) is 8.78 Å². The predicted octanol–water partition coefficient (Wildman–Crippen LogP) is 4.59. The molecule has 5 nitrogen and oxygen atoms in total. The molecule has 0 aliphatic rings. The second kappa shape index (κ2) is 12.1. The Morgan fingerprint density at radius 1 is 1.13 bits per heavy atom. The van der Waals surface area contributed by atoms with Crippen molar-refractivity contribution in [2.45, 2.75) is 38.6 Å². The quantitative estimate of drug-likeness (QED) is 0.508. The van der Waals surface area contributed by atoms with Crippen molar-refractivity contribution in [2.75, 3.05) is 27.4 Å². The van der Waals surface area contributed by atoms with Gasteiger partial charge in [-0.1, -0.05) is 18.2 Å². The zero-order valence-corrected chi connectivity index (χ0v) is 17.7. The number of rotatable bonds is 12. The van der Waals surface area contributed by atoms with Crippen molar-refractivity contribution >= 4 is 5.97 Å². The lowest BCUT2D eigenvalue weighted by Crippen LogP contribution is -2.23. The molecule has 0 heterocycles. The molecule has 0 aliphatic carbocycles. The topological polar surface area (TPSA) is 56.8 Å². The molecule has 1 unspecified atom stereocenters. The van der Waals surface area contributed by atoms with Crippen LogP contribution in [-0.2, 0) is 16.1 Å². The molecule has 164 valence electrons. The van der Waals surface area contributed by atoms with Crippen molar-refractivity contribution in [3.63, 3.8) is 0 Å². The molecule has 0 amide bonds. The maximum Gasteiger partial charge on any atom is 0.305 e. The summed E-state index contributed by atoms with van der Waals surface area (Å²) in [6, 6.07) is 9.71. The minimum atomic E-state index is -0.875. The van der Waals surface area contributed by atoms with Gasteiger partial charge in [0.25, 0.3) is 0 Å². The molecule has 0 aromatic heterocycles. The minimum Gasteiger partial charge on any atom is -0.497 e. The van der Waals surface area contributed by atoms with Crippen molar-refractivity contribution in [1.82, 2.24) is 5.32 Å². The zero-order chi connectivity index (χ0) is 21.9. The molecule has 1 atom stereocenters. The number of hydrogen-bond donors (Lipinski definition) is 1. The SMILES string of the molecule is CCOC(=O)CCCC(CNCc1ccc(OC)cc1OC)c1cccc(F)c1F. The summed E-state index contributed by atoms with van der Waals surface area (Å²) in [4.78, 5) is 11.6. The average Bonchev–Trinajstić information content (AvgIpc) is 2.75. The molecule has 0 saturated heterocycles. The van der Waals surface area contributed by atoms with Crippen molar-refractivity contribution in [2.24, 2.45) is 0 Å². The van der Waals surface area contributed by atoms with Crippen LogP contribution >= 0.6 is 0 Å². The van der Waals surface area contributed by atoms with E-state index in [0.29, 0.717) is 49.6 Å². The van der Waals surface area contributed by atoms with Crippen LogP contribution in [0.1, 0.15) is 43.2 Å². The Balaban J connectivity index is 2.06. The van der Waals surface area contributed by atoms with E-state index in [9.17, 15) is 13.6 Å². The van der Waals surface area contributed by atoms with E-state index in [2.05, 4.69) is 5.32 Å². The zero-order valence-electron chi connectivity index (χ0n) is 17.7. The van der Waals surface area contributed by atoms with Gasteiger partial charge in [0.2, 0.25) is 0 Å². The molecule has 0 bridgehead atoms. The number of benzene rings is 2. The van der Waals surface area contributed by atoms with Crippen LogP contribution in [0.15, 0.2) is 36.4 Å². The third kappa shape index (κ3) is 6.69. The minimum absolute atomic E-state index is 0.244. The van der Waals surface area contributed by atoms with Crippen LogP contribution in [0.3, 0.4) is 0 Å². The van der Waals surface area contributed by atoms with Crippen LogP contribution in [-0.4, -0.2) is 33.3 Å². The maximum absolute atomic E-state index is 14.4. The van der Waals surface area contributed by atoms with Gasteiger partial charge in [-0.2, -0.15) is 0 Å². The molecule has 0 radical (unpaired) electrons.